The summed E-state index contributed by atoms with van der Waals surface area (Å²) in [5.74, 6) is 6.62. The molecule has 1 aromatic rings. The molecule has 4 nitrogen and oxygen atoms in total. The van der Waals surface area contributed by atoms with Crippen LogP contribution in [0.1, 0.15) is 64.1 Å². The van der Waals surface area contributed by atoms with Gasteiger partial charge in [-0.2, -0.15) is 5.10 Å². The van der Waals surface area contributed by atoms with Crippen molar-refractivity contribution < 1.29 is 0 Å². The molecule has 108 valence electrons. The predicted molar refractivity (Wildman–Crippen MR) is 78.6 cm³/mol. The smallest absolute Gasteiger partial charge is 0.0640 e. The maximum Gasteiger partial charge on any atom is 0.0640 e. The fraction of sp³-hybridized carbons (Fsp3) is 0.800. The topological polar surface area (TPSA) is 55.9 Å². The largest absolute Gasteiger partial charge is 0.271 e. The molecular weight excluding hydrogens is 236 g/mol. The van der Waals surface area contributed by atoms with Gasteiger partial charge in [-0.15, -0.1) is 0 Å². The lowest BCUT2D eigenvalue weighted by Crippen LogP contribution is -2.37. The summed E-state index contributed by atoms with van der Waals surface area (Å²) in [4.78, 5) is 0. The van der Waals surface area contributed by atoms with Crippen molar-refractivity contribution in [2.45, 2.75) is 70.9 Å². The van der Waals surface area contributed by atoms with Gasteiger partial charge in [-0.3, -0.25) is 16.0 Å². The quantitative estimate of drug-likeness (QED) is 0.588. The normalized spacial score (nSPS) is 18.3. The molecule has 0 aliphatic heterocycles. The number of hydrogen-bond acceptors (Lipinski definition) is 3. The first-order valence-electron chi connectivity index (χ1n) is 7.69. The van der Waals surface area contributed by atoms with Gasteiger partial charge < -0.3 is 0 Å². The first-order valence-corrected chi connectivity index (χ1v) is 7.69. The van der Waals surface area contributed by atoms with Crippen LogP contribution in [0, 0.1) is 5.92 Å². The van der Waals surface area contributed by atoms with Crippen molar-refractivity contribution in [1.82, 2.24) is 15.2 Å². The summed E-state index contributed by atoms with van der Waals surface area (Å²) in [7, 11) is 0. The lowest BCUT2D eigenvalue weighted by Gasteiger charge is -2.17. The monoisotopic (exact) mass is 264 g/mol. The van der Waals surface area contributed by atoms with Crippen LogP contribution in [0.4, 0.5) is 0 Å². The summed E-state index contributed by atoms with van der Waals surface area (Å²) in [5.41, 5.74) is 4.11. The van der Waals surface area contributed by atoms with Crippen LogP contribution < -0.4 is 11.3 Å². The minimum atomic E-state index is 0.358. The highest BCUT2D eigenvalue weighted by molar-refractivity contribution is 5.02. The highest BCUT2D eigenvalue weighted by Crippen LogP contribution is 2.29. The Morgan fingerprint density at radius 3 is 2.74 bits per heavy atom. The molecule has 1 aromatic heterocycles. The van der Waals surface area contributed by atoms with Crippen LogP contribution >= 0.6 is 0 Å². The van der Waals surface area contributed by atoms with E-state index in [0.29, 0.717) is 12.1 Å². The number of rotatable bonds is 7. The Labute approximate surface area is 116 Å². The van der Waals surface area contributed by atoms with E-state index in [-0.39, 0.29) is 0 Å². The molecule has 1 fully saturated rings. The standard InChI is InChI=1S/C15H28N4/c1-12(2)19-10-9-15(18-19)11-14(17-16)8-7-13-5-3-4-6-13/h9-10,12-14,17H,3-8,11,16H2,1-2H3. The van der Waals surface area contributed by atoms with Crippen LogP contribution in [0.25, 0.3) is 0 Å². The zero-order valence-corrected chi connectivity index (χ0v) is 12.3. The van der Waals surface area contributed by atoms with Gasteiger partial charge in [-0.05, 0) is 38.7 Å². The Morgan fingerprint density at radius 1 is 1.42 bits per heavy atom. The number of nitrogens with one attached hydrogen (secondary N) is 1. The summed E-state index contributed by atoms with van der Waals surface area (Å²) < 4.78 is 2.01. The number of nitrogens with two attached hydrogens (primary N) is 1. The van der Waals surface area contributed by atoms with Crippen LogP contribution in [0.5, 0.6) is 0 Å². The molecule has 0 saturated heterocycles. The Morgan fingerprint density at radius 2 is 2.16 bits per heavy atom. The minimum Gasteiger partial charge on any atom is -0.271 e. The first-order chi connectivity index (χ1) is 9.19. The fourth-order valence-electron chi connectivity index (χ4n) is 3.01. The average Bonchev–Trinajstić information content (AvgIpc) is 3.05. The molecule has 1 saturated carbocycles. The molecule has 0 bridgehead atoms. The summed E-state index contributed by atoms with van der Waals surface area (Å²) >= 11 is 0. The molecule has 0 spiro atoms. The zero-order valence-electron chi connectivity index (χ0n) is 12.3. The highest BCUT2D eigenvalue weighted by Gasteiger charge is 2.17. The van der Waals surface area contributed by atoms with E-state index in [2.05, 4.69) is 36.6 Å². The van der Waals surface area contributed by atoms with Crippen molar-refractivity contribution >= 4 is 0 Å². The maximum atomic E-state index is 5.69. The second-order valence-corrected chi connectivity index (χ2v) is 6.18. The first kappa shape index (κ1) is 14.5. The summed E-state index contributed by atoms with van der Waals surface area (Å²) in [6, 6.07) is 2.90. The molecule has 4 heteroatoms. The van der Waals surface area contributed by atoms with E-state index in [0.717, 1.165) is 24.5 Å². The molecule has 1 heterocycles. The molecular formula is C15H28N4. The van der Waals surface area contributed by atoms with Gasteiger partial charge in [-0.25, -0.2) is 0 Å². The van der Waals surface area contributed by atoms with Crippen molar-refractivity contribution in [1.29, 1.82) is 0 Å². The van der Waals surface area contributed by atoms with Crippen LogP contribution in [0.2, 0.25) is 0 Å². The third-order valence-corrected chi connectivity index (χ3v) is 4.28. The van der Waals surface area contributed by atoms with Crippen LogP contribution in [-0.2, 0) is 6.42 Å². The third kappa shape index (κ3) is 4.32. The molecule has 2 rings (SSSR count). The Balaban J connectivity index is 1.80. The number of hydrogen-bond donors (Lipinski definition) is 2. The summed E-state index contributed by atoms with van der Waals surface area (Å²) in [5, 5.41) is 4.60. The van der Waals surface area contributed by atoms with Gasteiger partial charge in [0.05, 0.1) is 5.69 Å². The van der Waals surface area contributed by atoms with E-state index in [4.69, 9.17) is 5.84 Å². The molecule has 1 atom stereocenters. The van der Waals surface area contributed by atoms with Gasteiger partial charge in [-0.1, -0.05) is 25.7 Å². The lowest BCUT2D eigenvalue weighted by atomic mass is 9.97. The SMILES string of the molecule is CC(C)n1ccc(CC(CCC2CCCC2)NN)n1. The maximum absolute atomic E-state index is 5.69. The van der Waals surface area contributed by atoms with Crippen molar-refractivity contribution in [3.8, 4) is 0 Å². The number of aromatic nitrogens is 2. The van der Waals surface area contributed by atoms with Crippen molar-refractivity contribution in [3.63, 3.8) is 0 Å². The third-order valence-electron chi connectivity index (χ3n) is 4.28. The Hall–Kier alpha value is -0.870. The number of hydrazine groups is 1. The second kappa shape index (κ2) is 7.06. The van der Waals surface area contributed by atoms with Crippen LogP contribution in [0.3, 0.4) is 0 Å². The Bertz CT molecular complexity index is 366. The van der Waals surface area contributed by atoms with Crippen molar-refractivity contribution in [2.24, 2.45) is 11.8 Å². The second-order valence-electron chi connectivity index (χ2n) is 6.18. The van der Waals surface area contributed by atoms with E-state index in [9.17, 15) is 0 Å². The molecule has 3 N–H and O–H groups in total. The Kier molecular flexibility index (Phi) is 5.40. The molecule has 0 aromatic carbocycles. The average molecular weight is 264 g/mol. The predicted octanol–water partition coefficient (Wildman–Crippen LogP) is 2.81. The number of nitrogens with zero attached hydrogens (tertiary/aromatic N) is 2. The van der Waals surface area contributed by atoms with Gasteiger partial charge >= 0.3 is 0 Å². The van der Waals surface area contributed by atoms with E-state index in [1.807, 2.05) is 4.68 Å². The fourth-order valence-corrected chi connectivity index (χ4v) is 3.01. The summed E-state index contributed by atoms with van der Waals surface area (Å²) in [6.07, 6.45) is 11.1. The van der Waals surface area contributed by atoms with Crippen molar-refractivity contribution in [2.75, 3.05) is 0 Å². The zero-order chi connectivity index (χ0) is 13.7. The lowest BCUT2D eigenvalue weighted by molar-refractivity contribution is 0.403. The molecule has 1 unspecified atom stereocenters. The van der Waals surface area contributed by atoms with Crippen LogP contribution in [-0.4, -0.2) is 15.8 Å². The van der Waals surface area contributed by atoms with Gasteiger partial charge in [0, 0.05) is 24.7 Å². The molecule has 0 radical (unpaired) electrons. The highest BCUT2D eigenvalue weighted by atomic mass is 15.3. The van der Waals surface area contributed by atoms with Gasteiger partial charge in [0.2, 0.25) is 0 Å². The molecule has 19 heavy (non-hydrogen) atoms. The molecule has 1 aliphatic rings. The van der Waals surface area contributed by atoms with E-state index < -0.39 is 0 Å². The summed E-state index contributed by atoms with van der Waals surface area (Å²) in [6.45, 7) is 4.30. The van der Waals surface area contributed by atoms with E-state index >= 15 is 0 Å². The van der Waals surface area contributed by atoms with Gasteiger partial charge in [0.25, 0.3) is 0 Å². The molecule has 0 amide bonds. The minimum absolute atomic E-state index is 0.358. The molecule has 1 aliphatic carbocycles. The van der Waals surface area contributed by atoms with Crippen LogP contribution in [0.15, 0.2) is 12.3 Å². The van der Waals surface area contributed by atoms with E-state index in [1.54, 1.807) is 0 Å². The van der Waals surface area contributed by atoms with Crippen molar-refractivity contribution in [3.05, 3.63) is 18.0 Å². The van der Waals surface area contributed by atoms with Gasteiger partial charge in [0.1, 0.15) is 0 Å². The van der Waals surface area contributed by atoms with Gasteiger partial charge in [0.15, 0.2) is 0 Å². The van der Waals surface area contributed by atoms with E-state index in [1.165, 1.54) is 32.1 Å².